The van der Waals surface area contributed by atoms with E-state index in [0.29, 0.717) is 16.1 Å². The van der Waals surface area contributed by atoms with Gasteiger partial charge in [0.1, 0.15) is 11.4 Å². The number of benzene rings is 1. The van der Waals surface area contributed by atoms with Crippen LogP contribution in [0.2, 0.25) is 0 Å². The Morgan fingerprint density at radius 1 is 1.20 bits per heavy atom. The minimum atomic E-state index is -0.577. The van der Waals surface area contributed by atoms with Crippen LogP contribution in [0.1, 0.15) is 34.1 Å². The number of hydrogen-bond donors (Lipinski definition) is 1. The van der Waals surface area contributed by atoms with Crippen molar-refractivity contribution in [1.29, 1.82) is 0 Å². The zero-order chi connectivity index (χ0) is 17.8. The highest BCUT2D eigenvalue weighted by molar-refractivity contribution is 7.16. The van der Waals surface area contributed by atoms with E-state index in [9.17, 15) is 14.4 Å². The lowest BCUT2D eigenvalue weighted by atomic mass is 10.1. The van der Waals surface area contributed by atoms with Crippen LogP contribution < -0.4 is 5.32 Å². The van der Waals surface area contributed by atoms with Crippen molar-refractivity contribution in [3.8, 4) is 0 Å². The predicted octanol–water partition coefficient (Wildman–Crippen LogP) is 3.75. The van der Waals surface area contributed by atoms with Crippen LogP contribution in [0.4, 0.5) is 5.00 Å². The molecule has 128 valence electrons. The van der Waals surface area contributed by atoms with E-state index in [1.165, 1.54) is 22.7 Å². The first-order valence-corrected chi connectivity index (χ1v) is 9.25. The number of amides is 1. The van der Waals surface area contributed by atoms with E-state index in [1.807, 2.05) is 0 Å². The van der Waals surface area contributed by atoms with E-state index in [2.05, 4.69) is 10.3 Å². The number of thiazole rings is 1. The average molecular weight is 374 g/mol. The van der Waals surface area contributed by atoms with Crippen LogP contribution in [0.25, 0.3) is 10.2 Å². The second-order valence-corrected chi connectivity index (χ2v) is 6.86. The maximum atomic E-state index is 12.5. The molecule has 0 spiro atoms. The predicted molar refractivity (Wildman–Crippen MR) is 97.5 cm³/mol. The molecule has 0 unspecified atom stereocenters. The molecule has 0 fully saturated rings. The molecule has 0 aliphatic heterocycles. The summed E-state index contributed by atoms with van der Waals surface area (Å²) in [5.74, 6) is -1.28. The lowest BCUT2D eigenvalue weighted by Crippen LogP contribution is -2.15. The summed E-state index contributed by atoms with van der Waals surface area (Å²) < 4.78 is 5.70. The molecule has 0 radical (unpaired) electrons. The number of fused-ring (bicyclic) bond motifs is 1. The second kappa shape index (κ2) is 7.54. The number of thiophene rings is 1. The summed E-state index contributed by atoms with van der Waals surface area (Å²) in [6.45, 7) is 1.90. The van der Waals surface area contributed by atoms with Gasteiger partial charge in [-0.15, -0.1) is 22.7 Å². The van der Waals surface area contributed by atoms with E-state index >= 15 is 0 Å². The Kier molecular flexibility index (Phi) is 5.20. The normalized spacial score (nSPS) is 10.6. The largest absolute Gasteiger partial charge is 0.466 e. The molecule has 8 heteroatoms. The van der Waals surface area contributed by atoms with E-state index in [1.54, 1.807) is 42.1 Å². The van der Waals surface area contributed by atoms with Crippen molar-refractivity contribution in [2.24, 2.45) is 0 Å². The molecular weight excluding hydrogens is 360 g/mol. The van der Waals surface area contributed by atoms with Crippen molar-refractivity contribution in [2.45, 2.75) is 13.3 Å². The van der Waals surface area contributed by atoms with Crippen molar-refractivity contribution >= 4 is 55.6 Å². The molecule has 0 aliphatic rings. The third-order valence-electron chi connectivity index (χ3n) is 3.40. The number of carbonyl (C=O) groups excluding carboxylic acids is 3. The highest BCUT2D eigenvalue weighted by Crippen LogP contribution is 2.26. The number of ether oxygens (including phenoxy) is 1. The minimum absolute atomic E-state index is 0.222. The number of carbonyl (C=O) groups is 3. The van der Waals surface area contributed by atoms with Crippen molar-refractivity contribution in [2.75, 3.05) is 11.9 Å². The Balaban J connectivity index is 1.74. The third-order valence-corrected chi connectivity index (χ3v) is 5.02. The fourth-order valence-electron chi connectivity index (χ4n) is 2.24. The number of ketones is 1. The zero-order valence-corrected chi connectivity index (χ0v) is 14.9. The monoisotopic (exact) mass is 374 g/mol. The molecule has 0 saturated heterocycles. The maximum Gasteiger partial charge on any atom is 0.313 e. The van der Waals surface area contributed by atoms with Crippen LogP contribution in [0.3, 0.4) is 0 Å². The van der Waals surface area contributed by atoms with Crippen LogP contribution in [0.15, 0.2) is 35.2 Å². The van der Waals surface area contributed by atoms with E-state index < -0.39 is 5.97 Å². The van der Waals surface area contributed by atoms with Crippen molar-refractivity contribution in [3.63, 3.8) is 0 Å². The number of nitrogens with zero attached hydrogens (tertiary/aromatic N) is 1. The van der Waals surface area contributed by atoms with E-state index in [-0.39, 0.29) is 24.7 Å². The number of nitrogens with one attached hydrogen (secondary N) is 1. The lowest BCUT2D eigenvalue weighted by molar-refractivity contribution is -0.141. The Morgan fingerprint density at radius 3 is 2.84 bits per heavy atom. The number of hydrogen-bond acceptors (Lipinski definition) is 7. The lowest BCUT2D eigenvalue weighted by Gasteiger charge is -2.06. The van der Waals surface area contributed by atoms with Gasteiger partial charge in [0.15, 0.2) is 5.78 Å². The molecule has 3 rings (SSSR count). The van der Waals surface area contributed by atoms with Gasteiger partial charge in [-0.05, 0) is 36.6 Å². The topological polar surface area (TPSA) is 85.4 Å². The van der Waals surface area contributed by atoms with Gasteiger partial charge < -0.3 is 10.1 Å². The molecule has 0 bridgehead atoms. The molecule has 1 N–H and O–H groups in total. The first-order valence-electron chi connectivity index (χ1n) is 7.49. The first kappa shape index (κ1) is 17.2. The van der Waals surface area contributed by atoms with Crippen LogP contribution in [0.5, 0.6) is 0 Å². The van der Waals surface area contributed by atoms with Gasteiger partial charge in [-0.1, -0.05) is 0 Å². The highest BCUT2D eigenvalue weighted by atomic mass is 32.1. The van der Waals surface area contributed by atoms with Gasteiger partial charge in [0.25, 0.3) is 5.91 Å². The van der Waals surface area contributed by atoms with Gasteiger partial charge in [0.05, 0.1) is 27.9 Å². The van der Waals surface area contributed by atoms with Crippen molar-refractivity contribution in [1.82, 2.24) is 4.98 Å². The summed E-state index contributed by atoms with van der Waals surface area (Å²) in [6.07, 6.45) is -0.347. The Hall–Kier alpha value is -2.58. The molecule has 0 aliphatic carbocycles. The van der Waals surface area contributed by atoms with Crippen LogP contribution in [-0.4, -0.2) is 29.3 Å². The van der Waals surface area contributed by atoms with Crippen molar-refractivity contribution in [3.05, 3.63) is 46.3 Å². The molecular formula is C17H14N2O4S2. The summed E-state index contributed by atoms with van der Waals surface area (Å²) in [5.41, 5.74) is 3.35. The number of rotatable bonds is 6. The summed E-state index contributed by atoms with van der Waals surface area (Å²) in [6, 6.07) is 6.82. The zero-order valence-electron chi connectivity index (χ0n) is 13.3. The first-order chi connectivity index (χ1) is 12.1. The molecule has 2 aromatic heterocycles. The standard InChI is InChI=1S/C17H14N2O4S2/c1-2-23-15(21)8-13(20)11-5-6-24-17(11)19-16(22)10-3-4-12-14(7-10)25-9-18-12/h3-7,9H,2,8H2,1H3,(H,19,22). The average Bonchev–Trinajstić information content (AvgIpc) is 3.22. The van der Waals surface area contributed by atoms with Gasteiger partial charge in [-0.25, -0.2) is 4.98 Å². The second-order valence-electron chi connectivity index (χ2n) is 5.06. The molecule has 1 amide bonds. The number of Topliss-reactive ketones (excluding diaryl/α,β-unsaturated/α-hetero) is 1. The van der Waals surface area contributed by atoms with Gasteiger partial charge in [-0.2, -0.15) is 0 Å². The maximum absolute atomic E-state index is 12.5. The van der Waals surface area contributed by atoms with E-state index in [0.717, 1.165) is 10.2 Å². The molecule has 0 saturated carbocycles. The van der Waals surface area contributed by atoms with Gasteiger partial charge in [-0.3, -0.25) is 14.4 Å². The fraction of sp³-hybridized carbons (Fsp3) is 0.176. The Morgan fingerprint density at radius 2 is 2.04 bits per heavy atom. The molecule has 25 heavy (non-hydrogen) atoms. The minimum Gasteiger partial charge on any atom is -0.466 e. The van der Waals surface area contributed by atoms with Gasteiger partial charge >= 0.3 is 5.97 Å². The van der Waals surface area contributed by atoms with E-state index in [4.69, 9.17) is 4.74 Å². The Labute approximate surface area is 151 Å². The molecule has 3 aromatic rings. The number of aromatic nitrogens is 1. The summed E-state index contributed by atoms with van der Waals surface area (Å²) in [7, 11) is 0. The van der Waals surface area contributed by atoms with Crippen LogP contribution in [0, 0.1) is 0 Å². The Bertz CT molecular complexity index is 945. The quantitative estimate of drug-likeness (QED) is 0.403. The third kappa shape index (κ3) is 3.92. The van der Waals surface area contributed by atoms with Gasteiger partial charge in [0.2, 0.25) is 0 Å². The van der Waals surface area contributed by atoms with Crippen LogP contribution >= 0.6 is 22.7 Å². The molecule has 6 nitrogen and oxygen atoms in total. The number of anilines is 1. The summed E-state index contributed by atoms with van der Waals surface area (Å²) >= 11 is 2.68. The molecule has 1 aromatic carbocycles. The fourth-order valence-corrected chi connectivity index (χ4v) is 3.75. The van der Waals surface area contributed by atoms with Gasteiger partial charge in [0, 0.05) is 5.56 Å². The molecule has 0 atom stereocenters. The van der Waals surface area contributed by atoms with Crippen molar-refractivity contribution < 1.29 is 19.1 Å². The molecule has 2 heterocycles. The highest BCUT2D eigenvalue weighted by Gasteiger charge is 2.19. The SMILES string of the molecule is CCOC(=O)CC(=O)c1ccsc1NC(=O)c1ccc2ncsc2c1. The smallest absolute Gasteiger partial charge is 0.313 e. The summed E-state index contributed by atoms with van der Waals surface area (Å²) in [5, 5.41) is 4.86. The van der Waals surface area contributed by atoms with Crippen LogP contribution in [-0.2, 0) is 9.53 Å². The summed E-state index contributed by atoms with van der Waals surface area (Å²) in [4.78, 5) is 40.3. The number of esters is 1.